The Bertz CT molecular complexity index is 1290. The third kappa shape index (κ3) is 3.29. The molecule has 32 heavy (non-hydrogen) atoms. The maximum atomic E-state index is 12.9. The van der Waals surface area contributed by atoms with E-state index in [1.807, 2.05) is 12.1 Å². The maximum Gasteiger partial charge on any atom is 0.341 e. The molecule has 0 atom stereocenters. The Morgan fingerprint density at radius 1 is 0.938 bits per heavy atom. The van der Waals surface area contributed by atoms with Crippen molar-refractivity contribution < 1.29 is 33.4 Å². The fraction of sp³-hybridized carbons (Fsp3) is 0.130. The molecule has 4 aromatic rings. The summed E-state index contributed by atoms with van der Waals surface area (Å²) in [5.74, 6) is -2.34. The normalized spacial score (nSPS) is 10.7. The van der Waals surface area contributed by atoms with Gasteiger partial charge < -0.3 is 23.7 Å². The van der Waals surface area contributed by atoms with Crippen molar-refractivity contribution in [2.24, 2.45) is 0 Å². The van der Waals surface area contributed by atoms with Gasteiger partial charge in [-0.1, -0.05) is 36.4 Å². The van der Waals surface area contributed by atoms with Crippen LogP contribution < -0.4 is 9.79 Å². The van der Waals surface area contributed by atoms with Crippen LogP contribution in [-0.4, -0.2) is 36.0 Å². The minimum atomic E-state index is -0.807. The monoisotopic (exact) mass is 433 g/mol. The first-order chi connectivity index (χ1) is 15.5. The molecule has 9 heteroatoms. The molecule has 0 unspecified atom stereocenters. The largest absolute Gasteiger partial charge is 0.539 e. The van der Waals surface area contributed by atoms with E-state index in [0.29, 0.717) is 17.1 Å². The van der Waals surface area contributed by atoms with Gasteiger partial charge in [0.05, 0.1) is 25.1 Å². The molecule has 0 amide bonds. The van der Waals surface area contributed by atoms with Gasteiger partial charge in [-0.15, -0.1) is 0 Å². The van der Waals surface area contributed by atoms with Crippen LogP contribution in [0, 0.1) is 6.92 Å². The highest BCUT2D eigenvalue weighted by atomic mass is 16.6. The van der Waals surface area contributed by atoms with Crippen molar-refractivity contribution in [3.63, 3.8) is 0 Å². The van der Waals surface area contributed by atoms with E-state index in [1.54, 1.807) is 60.0 Å². The van der Waals surface area contributed by atoms with Crippen LogP contribution in [0.4, 0.5) is 0 Å². The lowest BCUT2D eigenvalue weighted by molar-refractivity contribution is -0.660. The van der Waals surface area contributed by atoms with Crippen LogP contribution in [0.3, 0.4) is 0 Å². The van der Waals surface area contributed by atoms with Gasteiger partial charge in [0.25, 0.3) is 5.69 Å². The molecular weight excluding hydrogens is 414 g/mol. The highest BCUT2D eigenvalue weighted by Crippen LogP contribution is 2.37. The zero-order valence-corrected chi connectivity index (χ0v) is 17.6. The fourth-order valence-corrected chi connectivity index (χ4v) is 3.66. The van der Waals surface area contributed by atoms with Gasteiger partial charge in [0.15, 0.2) is 5.95 Å². The Labute approximate surface area is 183 Å². The molecule has 0 radical (unpaired) electrons. The molecule has 0 aliphatic heterocycles. The van der Waals surface area contributed by atoms with Gasteiger partial charge in [-0.3, -0.25) is 0 Å². The molecule has 0 spiro atoms. The van der Waals surface area contributed by atoms with Crippen LogP contribution in [0.5, 0.6) is 5.95 Å². The number of nitrogens with zero attached hydrogens (tertiary/aromatic N) is 3. The minimum Gasteiger partial charge on any atom is -0.539 e. The van der Waals surface area contributed by atoms with E-state index in [9.17, 15) is 14.7 Å². The van der Waals surface area contributed by atoms with E-state index < -0.39 is 17.9 Å². The molecule has 0 fully saturated rings. The minimum absolute atomic E-state index is 0.0154. The maximum absolute atomic E-state index is 12.9. The van der Waals surface area contributed by atoms with Crippen LogP contribution in [0.15, 0.2) is 65.2 Å². The van der Waals surface area contributed by atoms with Crippen LogP contribution in [-0.2, 0) is 9.47 Å². The van der Waals surface area contributed by atoms with Crippen LogP contribution >= 0.6 is 0 Å². The van der Waals surface area contributed by atoms with E-state index in [1.165, 1.54) is 18.9 Å². The summed E-state index contributed by atoms with van der Waals surface area (Å²) in [5, 5.41) is 16.8. The lowest BCUT2D eigenvalue weighted by atomic mass is 10.1. The Hall–Kier alpha value is -4.40. The van der Waals surface area contributed by atoms with Crippen molar-refractivity contribution in [1.82, 2.24) is 9.84 Å². The SMILES string of the molecule is COC(=O)c1c(C(=O)OC)c(-c2c([O-])on[n+]2-c2ccccc2)n(-c2ccccc2)c1C. The average Bonchev–Trinajstić information content (AvgIpc) is 3.35. The number of ether oxygens (including phenoxy) is 2. The standard InChI is InChI=1S/C23H19N3O6/c1-14-17(21(27)30-2)18(22(28)31-3)19(25(14)15-10-6-4-7-11-15)20-23(29)32-24-26(20)16-12-8-5-9-13-16/h4-13H,1-3H3. The van der Waals surface area contributed by atoms with Gasteiger partial charge in [0.1, 0.15) is 11.3 Å². The molecule has 2 aromatic carbocycles. The van der Waals surface area contributed by atoms with Gasteiger partial charge in [0, 0.05) is 23.5 Å². The zero-order chi connectivity index (χ0) is 22.8. The van der Waals surface area contributed by atoms with Gasteiger partial charge in [-0.2, -0.15) is 0 Å². The summed E-state index contributed by atoms with van der Waals surface area (Å²) in [6, 6.07) is 17.8. The van der Waals surface area contributed by atoms with Crippen LogP contribution in [0.1, 0.15) is 26.4 Å². The molecule has 2 heterocycles. The molecule has 0 aliphatic carbocycles. The Kier molecular flexibility index (Phi) is 5.46. The molecule has 4 rings (SSSR count). The molecule has 0 saturated carbocycles. The van der Waals surface area contributed by atoms with Gasteiger partial charge in [-0.05, 0) is 23.7 Å². The quantitative estimate of drug-likeness (QED) is 0.351. The fourth-order valence-electron chi connectivity index (χ4n) is 3.66. The molecular formula is C23H19N3O6. The molecule has 0 saturated heterocycles. The van der Waals surface area contributed by atoms with E-state index in [-0.39, 0.29) is 22.5 Å². The lowest BCUT2D eigenvalue weighted by Crippen LogP contribution is -2.35. The molecule has 0 bridgehead atoms. The third-order valence-corrected chi connectivity index (χ3v) is 5.04. The summed E-state index contributed by atoms with van der Waals surface area (Å²) in [7, 11) is 2.41. The summed E-state index contributed by atoms with van der Waals surface area (Å²) in [6.45, 7) is 1.65. The second-order valence-electron chi connectivity index (χ2n) is 6.79. The number of para-hydroxylation sites is 2. The van der Waals surface area contributed by atoms with E-state index in [2.05, 4.69) is 5.27 Å². The summed E-state index contributed by atoms with van der Waals surface area (Å²) in [4.78, 5) is 25.6. The van der Waals surface area contributed by atoms with Crippen molar-refractivity contribution in [2.75, 3.05) is 14.2 Å². The summed E-state index contributed by atoms with van der Waals surface area (Å²) in [5.41, 5.74) is 1.46. The number of carbonyl (C=O) groups is 2. The Morgan fingerprint density at radius 2 is 1.50 bits per heavy atom. The van der Waals surface area contributed by atoms with Crippen molar-refractivity contribution >= 4 is 11.9 Å². The zero-order valence-electron chi connectivity index (χ0n) is 17.6. The van der Waals surface area contributed by atoms with Gasteiger partial charge in [-0.25, -0.2) is 9.59 Å². The topological polar surface area (TPSA) is 110 Å². The molecule has 0 aliphatic rings. The number of carbonyl (C=O) groups excluding carboxylic acids is 2. The smallest absolute Gasteiger partial charge is 0.341 e. The average molecular weight is 433 g/mol. The first-order valence-electron chi connectivity index (χ1n) is 9.61. The molecule has 2 aromatic heterocycles. The second-order valence-corrected chi connectivity index (χ2v) is 6.79. The molecule has 0 N–H and O–H groups in total. The number of hydrogen-bond acceptors (Lipinski definition) is 7. The number of benzene rings is 2. The summed E-state index contributed by atoms with van der Waals surface area (Å²) < 4.78 is 17.8. The van der Waals surface area contributed by atoms with E-state index in [4.69, 9.17) is 14.0 Å². The number of methoxy groups -OCH3 is 2. The Balaban J connectivity index is 2.17. The highest BCUT2D eigenvalue weighted by Gasteiger charge is 2.38. The first kappa shape index (κ1) is 20.9. The first-order valence-corrected chi connectivity index (χ1v) is 9.61. The molecule has 9 nitrogen and oxygen atoms in total. The van der Waals surface area contributed by atoms with Gasteiger partial charge in [0.2, 0.25) is 5.69 Å². The molecule has 162 valence electrons. The lowest BCUT2D eigenvalue weighted by Gasteiger charge is -2.11. The number of esters is 2. The van der Waals surface area contributed by atoms with Crippen LogP contribution in [0.2, 0.25) is 0 Å². The van der Waals surface area contributed by atoms with Crippen molar-refractivity contribution in [2.45, 2.75) is 6.92 Å². The van der Waals surface area contributed by atoms with Crippen molar-refractivity contribution in [3.05, 3.63) is 77.5 Å². The van der Waals surface area contributed by atoms with E-state index in [0.717, 1.165) is 0 Å². The number of rotatable bonds is 5. The number of aromatic nitrogens is 3. The van der Waals surface area contributed by atoms with Crippen LogP contribution in [0.25, 0.3) is 22.8 Å². The highest BCUT2D eigenvalue weighted by molar-refractivity contribution is 6.09. The number of hydrogen-bond donors (Lipinski definition) is 0. The van der Waals surface area contributed by atoms with Crippen molar-refractivity contribution in [3.8, 4) is 28.7 Å². The Morgan fingerprint density at radius 3 is 2.09 bits per heavy atom. The van der Waals surface area contributed by atoms with E-state index >= 15 is 0 Å². The van der Waals surface area contributed by atoms with Crippen molar-refractivity contribution in [1.29, 1.82) is 0 Å². The summed E-state index contributed by atoms with van der Waals surface area (Å²) >= 11 is 0. The second kappa shape index (κ2) is 8.38. The summed E-state index contributed by atoms with van der Waals surface area (Å²) in [6.07, 6.45) is 0. The van der Waals surface area contributed by atoms with Gasteiger partial charge >= 0.3 is 11.9 Å². The predicted octanol–water partition coefficient (Wildman–Crippen LogP) is 2.36. The predicted molar refractivity (Wildman–Crippen MR) is 110 cm³/mol. The third-order valence-electron chi connectivity index (χ3n) is 5.04.